The highest BCUT2D eigenvalue weighted by Crippen LogP contribution is 2.39. The maximum atomic E-state index is 9.93. The van der Waals surface area contributed by atoms with Crippen LogP contribution in [0.4, 0.5) is 0 Å². The SMILES string of the molecule is CC(C)N1CCN(C2C=CC=C(/C(=C(/CCCO)c3ccccc3)c3ccc(O)cc3)C2)CC1. The molecule has 0 saturated carbocycles. The summed E-state index contributed by atoms with van der Waals surface area (Å²) < 4.78 is 0. The Morgan fingerprint density at radius 1 is 0.941 bits per heavy atom. The summed E-state index contributed by atoms with van der Waals surface area (Å²) in [6.07, 6.45) is 9.30. The van der Waals surface area contributed by atoms with Crippen LogP contribution in [0.3, 0.4) is 0 Å². The van der Waals surface area contributed by atoms with E-state index in [9.17, 15) is 10.2 Å². The maximum absolute atomic E-state index is 9.93. The molecule has 2 aromatic carbocycles. The van der Waals surface area contributed by atoms with Gasteiger partial charge < -0.3 is 10.2 Å². The van der Waals surface area contributed by atoms with Gasteiger partial charge in [-0.2, -0.15) is 0 Å². The number of nitrogens with zero attached hydrogens (tertiary/aromatic N) is 2. The molecule has 4 nitrogen and oxygen atoms in total. The number of benzene rings is 2. The van der Waals surface area contributed by atoms with Crippen molar-refractivity contribution in [2.24, 2.45) is 0 Å². The first-order valence-electron chi connectivity index (χ1n) is 12.6. The molecule has 0 amide bonds. The molecule has 4 heteroatoms. The molecule has 4 rings (SSSR count). The second-order valence-corrected chi connectivity index (χ2v) is 9.61. The van der Waals surface area contributed by atoms with Gasteiger partial charge in [0.2, 0.25) is 0 Å². The average Bonchev–Trinajstić information content (AvgIpc) is 2.88. The normalized spacial score (nSPS) is 20.4. The fourth-order valence-electron chi connectivity index (χ4n) is 5.17. The molecule has 1 unspecified atom stereocenters. The van der Waals surface area contributed by atoms with E-state index in [0.717, 1.165) is 51.0 Å². The Hall–Kier alpha value is -2.66. The van der Waals surface area contributed by atoms with Crippen molar-refractivity contribution in [1.29, 1.82) is 0 Å². The fraction of sp³-hybridized carbons (Fsp3) is 0.400. The number of aliphatic hydroxyl groups is 1. The van der Waals surface area contributed by atoms with Crippen LogP contribution in [0, 0.1) is 0 Å². The van der Waals surface area contributed by atoms with E-state index >= 15 is 0 Å². The van der Waals surface area contributed by atoms with E-state index in [2.05, 4.69) is 66.1 Å². The molecule has 1 aliphatic heterocycles. The van der Waals surface area contributed by atoms with Gasteiger partial charge in [-0.1, -0.05) is 60.7 Å². The van der Waals surface area contributed by atoms with Gasteiger partial charge >= 0.3 is 0 Å². The monoisotopic (exact) mass is 458 g/mol. The minimum atomic E-state index is 0.168. The Morgan fingerprint density at radius 2 is 1.65 bits per heavy atom. The number of rotatable bonds is 8. The molecule has 1 heterocycles. The first-order chi connectivity index (χ1) is 16.6. The standard InChI is InChI=1S/C30H38N2O2/c1-23(2)31-17-19-32(20-18-31)27-11-6-10-26(22-27)30(25-13-15-28(34)16-14-25)29(12-7-21-33)24-8-4-3-5-9-24/h3-6,8-11,13-16,23,27,33-34H,7,12,17-22H2,1-2H3/b30-29-. The van der Waals surface area contributed by atoms with Crippen LogP contribution in [0.15, 0.2) is 78.4 Å². The molecular weight excluding hydrogens is 420 g/mol. The van der Waals surface area contributed by atoms with Crippen LogP contribution in [-0.4, -0.2) is 64.9 Å². The van der Waals surface area contributed by atoms with Crippen LogP contribution in [-0.2, 0) is 0 Å². The highest BCUT2D eigenvalue weighted by molar-refractivity contribution is 5.98. The minimum Gasteiger partial charge on any atom is -0.508 e. The van der Waals surface area contributed by atoms with Gasteiger partial charge in [-0.05, 0) is 73.1 Å². The molecule has 1 atom stereocenters. The average molecular weight is 459 g/mol. The van der Waals surface area contributed by atoms with Crippen LogP contribution >= 0.6 is 0 Å². The first-order valence-corrected chi connectivity index (χ1v) is 12.6. The third kappa shape index (κ3) is 5.87. The van der Waals surface area contributed by atoms with E-state index in [-0.39, 0.29) is 12.4 Å². The topological polar surface area (TPSA) is 46.9 Å². The van der Waals surface area contributed by atoms with E-state index in [4.69, 9.17) is 0 Å². The molecule has 1 aliphatic carbocycles. The molecule has 0 spiro atoms. The Morgan fingerprint density at radius 3 is 2.29 bits per heavy atom. The number of phenolic OH excluding ortho intramolecular Hbond substituents is 1. The number of hydrogen-bond donors (Lipinski definition) is 2. The number of phenols is 1. The Bertz CT molecular complexity index is 1010. The summed E-state index contributed by atoms with van der Waals surface area (Å²) in [5, 5.41) is 19.6. The molecule has 2 aromatic rings. The van der Waals surface area contributed by atoms with Gasteiger partial charge in [-0.3, -0.25) is 9.80 Å². The van der Waals surface area contributed by atoms with Crippen molar-refractivity contribution < 1.29 is 10.2 Å². The largest absolute Gasteiger partial charge is 0.508 e. The molecule has 180 valence electrons. The molecule has 2 aliphatic rings. The molecular formula is C30H38N2O2. The number of allylic oxidation sites excluding steroid dienone is 4. The molecule has 0 bridgehead atoms. The molecule has 34 heavy (non-hydrogen) atoms. The smallest absolute Gasteiger partial charge is 0.115 e. The predicted octanol–water partition coefficient (Wildman–Crippen LogP) is 5.36. The Kier molecular flexibility index (Phi) is 8.39. The number of aromatic hydroxyl groups is 1. The summed E-state index contributed by atoms with van der Waals surface area (Å²) in [6.45, 7) is 9.15. The molecule has 0 aromatic heterocycles. The van der Waals surface area contributed by atoms with E-state index < -0.39 is 0 Å². The quantitative estimate of drug-likeness (QED) is 0.523. The highest BCUT2D eigenvalue weighted by Gasteiger charge is 2.27. The second-order valence-electron chi connectivity index (χ2n) is 9.61. The van der Waals surface area contributed by atoms with E-state index in [1.165, 1.54) is 22.3 Å². The summed E-state index contributed by atoms with van der Waals surface area (Å²) in [7, 11) is 0. The van der Waals surface area contributed by atoms with E-state index in [1.807, 2.05) is 18.2 Å². The highest BCUT2D eigenvalue weighted by atomic mass is 16.3. The third-order valence-corrected chi connectivity index (χ3v) is 7.09. The Labute approximate surface area is 204 Å². The summed E-state index contributed by atoms with van der Waals surface area (Å²) in [5.74, 6) is 0.276. The summed E-state index contributed by atoms with van der Waals surface area (Å²) >= 11 is 0. The van der Waals surface area contributed by atoms with E-state index in [1.54, 1.807) is 12.1 Å². The fourth-order valence-corrected chi connectivity index (χ4v) is 5.17. The van der Waals surface area contributed by atoms with Crippen LogP contribution in [0.2, 0.25) is 0 Å². The maximum Gasteiger partial charge on any atom is 0.115 e. The number of aliphatic hydroxyl groups excluding tert-OH is 1. The van der Waals surface area contributed by atoms with Crippen LogP contribution in [0.5, 0.6) is 5.75 Å². The first kappa shape index (κ1) is 24.5. The van der Waals surface area contributed by atoms with Crippen molar-refractivity contribution in [3.8, 4) is 5.75 Å². The van der Waals surface area contributed by atoms with Gasteiger partial charge in [-0.15, -0.1) is 0 Å². The van der Waals surface area contributed by atoms with Gasteiger partial charge in [0.1, 0.15) is 5.75 Å². The van der Waals surface area contributed by atoms with Crippen LogP contribution in [0.1, 0.15) is 44.2 Å². The van der Waals surface area contributed by atoms with E-state index in [0.29, 0.717) is 12.1 Å². The second kappa shape index (κ2) is 11.7. The van der Waals surface area contributed by atoms with Crippen molar-refractivity contribution in [2.75, 3.05) is 32.8 Å². The van der Waals surface area contributed by atoms with Crippen molar-refractivity contribution in [3.05, 3.63) is 89.5 Å². The molecule has 0 radical (unpaired) electrons. The van der Waals surface area contributed by atoms with Gasteiger partial charge in [0.15, 0.2) is 0 Å². The lowest BCUT2D eigenvalue weighted by Crippen LogP contribution is -2.51. The van der Waals surface area contributed by atoms with Crippen molar-refractivity contribution in [1.82, 2.24) is 9.80 Å². The zero-order valence-corrected chi connectivity index (χ0v) is 20.5. The summed E-state index contributed by atoms with van der Waals surface area (Å²) in [4.78, 5) is 5.18. The summed E-state index contributed by atoms with van der Waals surface area (Å²) in [6, 6.07) is 19.1. The molecule has 1 saturated heterocycles. The number of hydrogen-bond acceptors (Lipinski definition) is 4. The van der Waals surface area contributed by atoms with Gasteiger partial charge in [0.05, 0.1) is 0 Å². The third-order valence-electron chi connectivity index (χ3n) is 7.09. The molecule has 1 fully saturated rings. The van der Waals surface area contributed by atoms with Crippen molar-refractivity contribution >= 4 is 11.1 Å². The predicted molar refractivity (Wildman–Crippen MR) is 142 cm³/mol. The lowest BCUT2D eigenvalue weighted by Gasteiger charge is -2.41. The lowest BCUT2D eigenvalue weighted by molar-refractivity contribution is 0.0912. The van der Waals surface area contributed by atoms with Gasteiger partial charge in [-0.25, -0.2) is 0 Å². The molecule has 2 N–H and O–H groups in total. The zero-order chi connectivity index (χ0) is 23.9. The van der Waals surface area contributed by atoms with Gasteiger partial charge in [0, 0.05) is 44.9 Å². The Balaban J connectivity index is 1.69. The van der Waals surface area contributed by atoms with Crippen LogP contribution in [0.25, 0.3) is 11.1 Å². The van der Waals surface area contributed by atoms with Crippen molar-refractivity contribution in [3.63, 3.8) is 0 Å². The van der Waals surface area contributed by atoms with Crippen molar-refractivity contribution in [2.45, 2.75) is 45.2 Å². The summed E-state index contributed by atoms with van der Waals surface area (Å²) in [5.41, 5.74) is 6.11. The van der Waals surface area contributed by atoms with Crippen LogP contribution < -0.4 is 0 Å². The lowest BCUT2D eigenvalue weighted by atomic mass is 9.83. The minimum absolute atomic E-state index is 0.168. The van der Waals surface area contributed by atoms with Gasteiger partial charge in [0.25, 0.3) is 0 Å². The number of piperazine rings is 1. The zero-order valence-electron chi connectivity index (χ0n) is 20.5.